The van der Waals surface area contributed by atoms with Crippen LogP contribution in [0.15, 0.2) is 0 Å². The minimum Gasteiger partial charge on any atom is -0.353 e. The molecule has 0 radical (unpaired) electrons. The molecule has 1 atom stereocenters. The van der Waals surface area contributed by atoms with E-state index in [0.29, 0.717) is 0 Å². The number of terminal acetylenes is 1. The van der Waals surface area contributed by atoms with Crippen molar-refractivity contribution < 1.29 is 9.47 Å². The van der Waals surface area contributed by atoms with Gasteiger partial charge in [-0.3, -0.25) is 0 Å². The van der Waals surface area contributed by atoms with Crippen molar-refractivity contribution >= 4 is 0 Å². The molecule has 2 heteroatoms. The van der Waals surface area contributed by atoms with Crippen LogP contribution in [0.4, 0.5) is 0 Å². The van der Waals surface area contributed by atoms with Crippen LogP contribution in [0.5, 0.6) is 0 Å². The lowest BCUT2D eigenvalue weighted by atomic mass is 10.2. The normalized spacial score (nSPS) is 21.8. The number of hydrogen-bond donors (Lipinski definition) is 0. The van der Waals surface area contributed by atoms with Crippen LogP contribution in [-0.4, -0.2) is 19.5 Å². The summed E-state index contributed by atoms with van der Waals surface area (Å²) < 4.78 is 11.0. The van der Waals surface area contributed by atoms with Gasteiger partial charge in [-0.05, 0) is 32.1 Å². The van der Waals surface area contributed by atoms with E-state index in [1.54, 1.807) is 0 Å². The van der Waals surface area contributed by atoms with Gasteiger partial charge in [0.05, 0.1) is 0 Å². The van der Waals surface area contributed by atoms with Crippen molar-refractivity contribution in [2.24, 2.45) is 0 Å². The Hall–Kier alpha value is -0.520. The Balaban J connectivity index is 1.85. The molecule has 1 aliphatic heterocycles. The van der Waals surface area contributed by atoms with Gasteiger partial charge in [-0.2, -0.15) is 0 Å². The van der Waals surface area contributed by atoms with Crippen LogP contribution in [0.2, 0.25) is 0 Å². The lowest BCUT2D eigenvalue weighted by Gasteiger charge is -2.22. The van der Waals surface area contributed by atoms with E-state index in [4.69, 9.17) is 15.9 Å². The van der Waals surface area contributed by atoms with E-state index in [2.05, 4.69) is 5.92 Å². The summed E-state index contributed by atoms with van der Waals surface area (Å²) in [5.74, 6) is 2.64. The van der Waals surface area contributed by atoms with E-state index in [9.17, 15) is 0 Å². The van der Waals surface area contributed by atoms with Crippen LogP contribution in [0.3, 0.4) is 0 Å². The van der Waals surface area contributed by atoms with Crippen LogP contribution in [0, 0.1) is 12.3 Å². The molecule has 14 heavy (non-hydrogen) atoms. The SMILES string of the molecule is C#CCCCCCO[C@@H]1CCCCO1. The van der Waals surface area contributed by atoms with Gasteiger partial charge in [-0.1, -0.05) is 6.42 Å². The van der Waals surface area contributed by atoms with Gasteiger partial charge in [0, 0.05) is 19.6 Å². The van der Waals surface area contributed by atoms with Crippen molar-refractivity contribution in [3.63, 3.8) is 0 Å². The number of rotatable bonds is 6. The van der Waals surface area contributed by atoms with E-state index >= 15 is 0 Å². The molecule has 0 bridgehead atoms. The highest BCUT2D eigenvalue weighted by Gasteiger charge is 2.12. The Morgan fingerprint density at radius 3 is 2.93 bits per heavy atom. The lowest BCUT2D eigenvalue weighted by Crippen LogP contribution is -2.22. The predicted molar refractivity (Wildman–Crippen MR) is 56.8 cm³/mol. The number of ether oxygens (including phenoxy) is 2. The molecular formula is C12H20O2. The number of unbranched alkanes of at least 4 members (excludes halogenated alkanes) is 3. The summed E-state index contributed by atoms with van der Waals surface area (Å²) in [5, 5.41) is 0. The third-order valence-corrected chi connectivity index (χ3v) is 2.41. The smallest absolute Gasteiger partial charge is 0.157 e. The minimum absolute atomic E-state index is 0.0661. The second kappa shape index (κ2) is 7.84. The zero-order valence-electron chi connectivity index (χ0n) is 8.84. The Morgan fingerprint density at radius 2 is 2.21 bits per heavy atom. The molecule has 80 valence electrons. The average Bonchev–Trinajstić information content (AvgIpc) is 2.25. The zero-order valence-corrected chi connectivity index (χ0v) is 8.84. The molecule has 0 aromatic rings. The van der Waals surface area contributed by atoms with Crippen molar-refractivity contribution in [1.82, 2.24) is 0 Å². The van der Waals surface area contributed by atoms with Gasteiger partial charge in [0.2, 0.25) is 0 Å². The summed E-state index contributed by atoms with van der Waals surface area (Å²) in [6.07, 6.45) is 13.0. The summed E-state index contributed by atoms with van der Waals surface area (Å²) >= 11 is 0. The van der Waals surface area contributed by atoms with Crippen LogP contribution >= 0.6 is 0 Å². The van der Waals surface area contributed by atoms with E-state index in [1.165, 1.54) is 12.8 Å². The van der Waals surface area contributed by atoms with Gasteiger partial charge in [0.15, 0.2) is 6.29 Å². The van der Waals surface area contributed by atoms with Gasteiger partial charge in [0.1, 0.15) is 0 Å². The van der Waals surface area contributed by atoms with Gasteiger partial charge >= 0.3 is 0 Å². The molecule has 1 heterocycles. The maximum absolute atomic E-state index is 5.59. The molecular weight excluding hydrogens is 176 g/mol. The number of hydrogen-bond acceptors (Lipinski definition) is 2. The van der Waals surface area contributed by atoms with Crippen LogP contribution in [0.25, 0.3) is 0 Å². The maximum atomic E-state index is 5.59. The average molecular weight is 196 g/mol. The summed E-state index contributed by atoms with van der Waals surface area (Å²) in [6.45, 7) is 1.68. The molecule has 0 aromatic heterocycles. The van der Waals surface area contributed by atoms with Crippen molar-refractivity contribution in [3.8, 4) is 12.3 Å². The second-order valence-electron chi connectivity index (χ2n) is 3.68. The first kappa shape index (κ1) is 11.6. The van der Waals surface area contributed by atoms with E-state index in [-0.39, 0.29) is 6.29 Å². The summed E-state index contributed by atoms with van der Waals surface area (Å²) in [6, 6.07) is 0. The van der Waals surface area contributed by atoms with Crippen molar-refractivity contribution in [3.05, 3.63) is 0 Å². The molecule has 1 aliphatic rings. The Kier molecular flexibility index (Phi) is 6.47. The molecule has 1 rings (SSSR count). The fourth-order valence-electron chi connectivity index (χ4n) is 1.56. The molecule has 0 unspecified atom stereocenters. The lowest BCUT2D eigenvalue weighted by molar-refractivity contribution is -0.162. The summed E-state index contributed by atoms with van der Waals surface area (Å²) in [4.78, 5) is 0. The standard InChI is InChI=1S/C12H20O2/c1-2-3-4-5-7-10-13-12-9-6-8-11-14-12/h1,12H,3-11H2/t12-/m0/s1. The van der Waals surface area contributed by atoms with Gasteiger partial charge in [-0.25, -0.2) is 0 Å². The monoisotopic (exact) mass is 196 g/mol. The van der Waals surface area contributed by atoms with Crippen molar-refractivity contribution in [2.45, 2.75) is 51.2 Å². The predicted octanol–water partition coefficient (Wildman–Crippen LogP) is 2.72. The Bertz CT molecular complexity index is 166. The fourth-order valence-corrected chi connectivity index (χ4v) is 1.56. The zero-order chi connectivity index (χ0) is 10.1. The molecule has 0 aromatic carbocycles. The highest BCUT2D eigenvalue weighted by molar-refractivity contribution is 4.82. The molecule has 0 amide bonds. The fraction of sp³-hybridized carbons (Fsp3) is 0.833. The first-order chi connectivity index (χ1) is 6.93. The first-order valence-electron chi connectivity index (χ1n) is 5.60. The summed E-state index contributed by atoms with van der Waals surface area (Å²) in [7, 11) is 0. The van der Waals surface area contributed by atoms with Crippen molar-refractivity contribution in [2.75, 3.05) is 13.2 Å². The molecule has 0 spiro atoms. The Labute approximate surface area is 87.0 Å². The van der Waals surface area contributed by atoms with Crippen molar-refractivity contribution in [1.29, 1.82) is 0 Å². The first-order valence-corrected chi connectivity index (χ1v) is 5.60. The second-order valence-corrected chi connectivity index (χ2v) is 3.68. The maximum Gasteiger partial charge on any atom is 0.157 e. The van der Waals surface area contributed by atoms with Crippen LogP contribution in [-0.2, 0) is 9.47 Å². The molecule has 1 saturated heterocycles. The van der Waals surface area contributed by atoms with E-state index in [0.717, 1.165) is 45.3 Å². The van der Waals surface area contributed by atoms with E-state index < -0.39 is 0 Å². The van der Waals surface area contributed by atoms with Crippen LogP contribution in [0.1, 0.15) is 44.9 Å². The minimum atomic E-state index is 0.0661. The quantitative estimate of drug-likeness (QED) is 0.480. The molecule has 0 N–H and O–H groups in total. The highest BCUT2D eigenvalue weighted by atomic mass is 16.7. The highest BCUT2D eigenvalue weighted by Crippen LogP contribution is 2.14. The van der Waals surface area contributed by atoms with Crippen LogP contribution < -0.4 is 0 Å². The van der Waals surface area contributed by atoms with Gasteiger partial charge < -0.3 is 9.47 Å². The molecule has 0 saturated carbocycles. The third kappa shape index (κ3) is 5.26. The molecule has 0 aliphatic carbocycles. The van der Waals surface area contributed by atoms with Gasteiger partial charge in [-0.15, -0.1) is 12.3 Å². The molecule has 1 fully saturated rings. The molecule has 2 nitrogen and oxygen atoms in total. The van der Waals surface area contributed by atoms with E-state index in [1.807, 2.05) is 0 Å². The Morgan fingerprint density at radius 1 is 1.29 bits per heavy atom. The van der Waals surface area contributed by atoms with Gasteiger partial charge in [0.25, 0.3) is 0 Å². The largest absolute Gasteiger partial charge is 0.353 e. The topological polar surface area (TPSA) is 18.5 Å². The third-order valence-electron chi connectivity index (χ3n) is 2.41. The summed E-state index contributed by atoms with van der Waals surface area (Å²) in [5.41, 5.74) is 0.